The van der Waals surface area contributed by atoms with Crippen molar-refractivity contribution in [2.24, 2.45) is 5.92 Å². The van der Waals surface area contributed by atoms with Gasteiger partial charge in [-0.25, -0.2) is 4.79 Å². The number of methoxy groups -OCH3 is 1. The highest BCUT2D eigenvalue weighted by Gasteiger charge is 2.26. The van der Waals surface area contributed by atoms with Crippen molar-refractivity contribution in [2.75, 3.05) is 18.6 Å². The van der Waals surface area contributed by atoms with Gasteiger partial charge in [-0.05, 0) is 30.8 Å². The Hall–Kier alpha value is -0.290. The van der Waals surface area contributed by atoms with Gasteiger partial charge in [-0.3, -0.25) is 0 Å². The van der Waals surface area contributed by atoms with E-state index in [1.165, 1.54) is 37.0 Å². The Bertz CT molecular complexity index is 314. The Morgan fingerprint density at radius 2 is 1.78 bits per heavy atom. The van der Waals surface area contributed by atoms with Gasteiger partial charge in [-0.2, -0.15) is 0 Å². The lowest BCUT2D eigenvalue weighted by Gasteiger charge is -2.26. The maximum absolute atomic E-state index is 11.4. The predicted octanol–water partition coefficient (Wildman–Crippen LogP) is 4.39. The second kappa shape index (κ2) is 7.34. The van der Waals surface area contributed by atoms with E-state index < -0.39 is 6.16 Å². The molecule has 0 aromatic carbocycles. The van der Waals surface area contributed by atoms with E-state index in [1.54, 1.807) is 0 Å². The lowest BCUT2D eigenvalue weighted by atomic mass is 9.88. The van der Waals surface area contributed by atoms with Crippen LogP contribution in [0.3, 0.4) is 0 Å². The minimum Gasteiger partial charge on any atom is -0.437 e. The Morgan fingerprint density at radius 1 is 1.11 bits per heavy atom. The third kappa shape index (κ3) is 3.85. The molecule has 0 atom stereocenters. The molecule has 2 aliphatic rings. The molecule has 2 rings (SSSR count). The number of allylic oxidation sites excluding steroid dienone is 1. The van der Waals surface area contributed by atoms with E-state index in [4.69, 9.17) is 4.74 Å². The van der Waals surface area contributed by atoms with Gasteiger partial charge < -0.3 is 9.47 Å². The Labute approximate surface area is 117 Å². The average Bonchev–Trinajstić information content (AvgIpc) is 2.46. The van der Waals surface area contributed by atoms with E-state index in [1.807, 2.05) is 23.5 Å². The molecule has 18 heavy (non-hydrogen) atoms. The van der Waals surface area contributed by atoms with Crippen molar-refractivity contribution in [3.05, 3.63) is 10.00 Å². The molecular weight excluding hydrogens is 268 g/mol. The van der Waals surface area contributed by atoms with Crippen LogP contribution in [-0.4, -0.2) is 24.8 Å². The lowest BCUT2D eigenvalue weighted by Crippen LogP contribution is -2.17. The molecule has 0 radical (unpaired) electrons. The van der Waals surface area contributed by atoms with E-state index in [0.29, 0.717) is 5.92 Å². The molecule has 1 aliphatic heterocycles. The smallest absolute Gasteiger partial charge is 0.437 e. The molecule has 0 aromatic heterocycles. The average molecular weight is 288 g/mol. The topological polar surface area (TPSA) is 35.5 Å². The highest BCUT2D eigenvalue weighted by atomic mass is 32.2. The first-order valence-corrected chi connectivity index (χ1v) is 8.54. The van der Waals surface area contributed by atoms with Crippen molar-refractivity contribution in [1.82, 2.24) is 0 Å². The van der Waals surface area contributed by atoms with Gasteiger partial charge >= 0.3 is 6.16 Å². The fourth-order valence-electron chi connectivity index (χ4n) is 2.36. The van der Waals surface area contributed by atoms with Gasteiger partial charge in [-0.15, -0.1) is 23.5 Å². The van der Waals surface area contributed by atoms with E-state index in [2.05, 4.69) is 4.74 Å². The van der Waals surface area contributed by atoms with E-state index in [9.17, 15) is 4.79 Å². The maximum atomic E-state index is 11.4. The van der Waals surface area contributed by atoms with Gasteiger partial charge in [-0.1, -0.05) is 19.3 Å². The fraction of sp³-hybridized carbons (Fsp3) is 0.769. The van der Waals surface area contributed by atoms with Crippen LogP contribution in [0.5, 0.6) is 0 Å². The van der Waals surface area contributed by atoms with Crippen molar-refractivity contribution in [3.63, 3.8) is 0 Å². The van der Waals surface area contributed by atoms with Crippen LogP contribution in [0.4, 0.5) is 4.79 Å². The van der Waals surface area contributed by atoms with Crippen LogP contribution in [-0.2, 0) is 9.47 Å². The van der Waals surface area contributed by atoms with Crippen LogP contribution < -0.4 is 0 Å². The Kier molecular flexibility index (Phi) is 5.76. The van der Waals surface area contributed by atoms with Crippen LogP contribution in [0.15, 0.2) is 10.00 Å². The summed E-state index contributed by atoms with van der Waals surface area (Å²) in [6.45, 7) is 0. The van der Waals surface area contributed by atoms with Crippen molar-refractivity contribution < 1.29 is 14.3 Å². The lowest BCUT2D eigenvalue weighted by molar-refractivity contribution is 0.0856. The molecule has 0 bridgehead atoms. The molecule has 5 heteroatoms. The second-order valence-electron chi connectivity index (χ2n) is 4.59. The summed E-state index contributed by atoms with van der Waals surface area (Å²) in [5.41, 5.74) is 0. The van der Waals surface area contributed by atoms with Crippen molar-refractivity contribution in [1.29, 1.82) is 0 Å². The number of hydrogen-bond acceptors (Lipinski definition) is 5. The second-order valence-corrected chi connectivity index (χ2v) is 7.06. The van der Waals surface area contributed by atoms with Gasteiger partial charge in [0, 0.05) is 5.92 Å². The third-order valence-electron chi connectivity index (χ3n) is 3.29. The normalized spacial score (nSPS) is 21.5. The van der Waals surface area contributed by atoms with Crippen LogP contribution in [0.25, 0.3) is 0 Å². The number of rotatable bonds is 2. The SMILES string of the molecule is COC(=O)OC(=C1SCCCS1)C1CCCCC1. The Morgan fingerprint density at radius 3 is 2.39 bits per heavy atom. The molecule has 0 N–H and O–H groups in total. The van der Waals surface area contributed by atoms with Gasteiger partial charge in [0.05, 0.1) is 11.3 Å². The van der Waals surface area contributed by atoms with Gasteiger partial charge in [0.2, 0.25) is 0 Å². The number of hydrogen-bond donors (Lipinski definition) is 0. The van der Waals surface area contributed by atoms with Crippen LogP contribution >= 0.6 is 23.5 Å². The molecule has 1 saturated carbocycles. The first-order valence-electron chi connectivity index (χ1n) is 6.57. The van der Waals surface area contributed by atoms with Gasteiger partial charge in [0.15, 0.2) is 0 Å². The summed E-state index contributed by atoms with van der Waals surface area (Å²) in [5, 5.41) is 0. The number of carbonyl (C=O) groups is 1. The molecule has 2 fully saturated rings. The highest BCUT2D eigenvalue weighted by Crippen LogP contribution is 2.42. The molecule has 102 valence electrons. The first-order chi connectivity index (χ1) is 8.81. The van der Waals surface area contributed by atoms with Crippen LogP contribution in [0.2, 0.25) is 0 Å². The standard InChI is InChI=1S/C13H20O3S2/c1-15-13(14)16-11(10-6-3-2-4-7-10)12-17-8-5-9-18-12/h10H,2-9H2,1H3. The summed E-state index contributed by atoms with van der Waals surface area (Å²) >= 11 is 3.65. The summed E-state index contributed by atoms with van der Waals surface area (Å²) in [6.07, 6.45) is 6.71. The monoisotopic (exact) mass is 288 g/mol. The maximum Gasteiger partial charge on any atom is 0.513 e. The summed E-state index contributed by atoms with van der Waals surface area (Å²) in [5.74, 6) is 3.55. The zero-order valence-corrected chi connectivity index (χ0v) is 12.4. The number of carbonyl (C=O) groups excluding carboxylic acids is 1. The quantitative estimate of drug-likeness (QED) is 0.556. The van der Waals surface area contributed by atoms with Crippen molar-refractivity contribution in [2.45, 2.75) is 38.5 Å². The van der Waals surface area contributed by atoms with Crippen molar-refractivity contribution >= 4 is 29.7 Å². The van der Waals surface area contributed by atoms with E-state index >= 15 is 0 Å². The molecule has 0 spiro atoms. The summed E-state index contributed by atoms with van der Waals surface area (Å²) in [7, 11) is 1.37. The molecule has 0 aromatic rings. The zero-order valence-electron chi connectivity index (χ0n) is 10.8. The van der Waals surface area contributed by atoms with E-state index in [-0.39, 0.29) is 0 Å². The number of ether oxygens (including phenoxy) is 2. The minimum atomic E-state index is -0.574. The largest absolute Gasteiger partial charge is 0.513 e. The summed E-state index contributed by atoms with van der Waals surface area (Å²) < 4.78 is 11.3. The van der Waals surface area contributed by atoms with Crippen LogP contribution in [0.1, 0.15) is 38.5 Å². The van der Waals surface area contributed by atoms with Crippen molar-refractivity contribution in [3.8, 4) is 0 Å². The zero-order chi connectivity index (χ0) is 12.8. The summed E-state index contributed by atoms with van der Waals surface area (Å²) in [6, 6.07) is 0. The fourth-order valence-corrected chi connectivity index (χ4v) is 5.03. The summed E-state index contributed by atoms with van der Waals surface area (Å²) in [4.78, 5) is 11.4. The molecular formula is C13H20O3S2. The predicted molar refractivity (Wildman–Crippen MR) is 76.6 cm³/mol. The molecule has 3 nitrogen and oxygen atoms in total. The van der Waals surface area contributed by atoms with E-state index in [0.717, 1.165) is 30.1 Å². The van der Waals surface area contributed by atoms with Crippen LogP contribution in [0, 0.1) is 5.92 Å². The molecule has 1 saturated heterocycles. The molecule has 1 aliphatic carbocycles. The Balaban J connectivity index is 2.12. The number of thioether (sulfide) groups is 2. The minimum absolute atomic E-state index is 0.408. The first kappa shape index (κ1) is 14.1. The molecule has 1 heterocycles. The van der Waals surface area contributed by atoms with Gasteiger partial charge in [0.1, 0.15) is 5.76 Å². The molecule has 0 amide bonds. The highest BCUT2D eigenvalue weighted by molar-refractivity contribution is 8.22. The van der Waals surface area contributed by atoms with Gasteiger partial charge in [0.25, 0.3) is 0 Å². The third-order valence-corrected chi connectivity index (χ3v) is 5.91. The molecule has 0 unspecified atom stereocenters.